The fourth-order valence-electron chi connectivity index (χ4n) is 2.06. The van der Waals surface area contributed by atoms with Crippen LogP contribution in [-0.2, 0) is 0 Å². The van der Waals surface area contributed by atoms with Crippen LogP contribution in [-0.4, -0.2) is 15.0 Å². The minimum Gasteiger partial charge on any atom is -0.212 e. The number of hydrogen-bond donors (Lipinski definition) is 0. The van der Waals surface area contributed by atoms with Crippen molar-refractivity contribution >= 4 is 16.7 Å². The summed E-state index contributed by atoms with van der Waals surface area (Å²) in [7, 11) is 0. The third-order valence-electron chi connectivity index (χ3n) is 2.93. The van der Waals surface area contributed by atoms with E-state index in [1.807, 2.05) is 65.4 Å². The Morgan fingerprint density at radius 3 is 2.53 bits per heavy atom. The van der Waals surface area contributed by atoms with E-state index in [4.69, 9.17) is 0 Å². The summed E-state index contributed by atoms with van der Waals surface area (Å²) >= 11 is 0. The molecule has 0 fully saturated rings. The van der Waals surface area contributed by atoms with Crippen molar-refractivity contribution in [2.24, 2.45) is 0 Å². The van der Waals surface area contributed by atoms with Gasteiger partial charge in [-0.15, -0.1) is 5.10 Å². The first-order valence-electron chi connectivity index (χ1n) is 6.09. The highest BCUT2D eigenvalue weighted by Gasteiger charge is 2.09. The molecule has 3 nitrogen and oxygen atoms in total. The van der Waals surface area contributed by atoms with Gasteiger partial charge >= 0.3 is 0 Å². The molecule has 0 N–H and O–H groups in total. The molecule has 92 valence electrons. The number of fused-ring (bicyclic) bond motifs is 1. The predicted octanol–water partition coefficient (Wildman–Crippen LogP) is 3.51. The Kier molecular flexibility index (Phi) is 2.94. The standard InChI is InChI=1S/C16H13N3/c1-2-8-15(13-9-4-3-5-10-13)19-16-12-7-6-11-14(16)17-18-19/h2-12H,1H2/b15-8+. The molecule has 3 heteroatoms. The van der Waals surface area contributed by atoms with Crippen LogP contribution < -0.4 is 0 Å². The fourth-order valence-corrected chi connectivity index (χ4v) is 2.06. The summed E-state index contributed by atoms with van der Waals surface area (Å²) in [5.74, 6) is 0. The molecule has 19 heavy (non-hydrogen) atoms. The minimum absolute atomic E-state index is 0.883. The highest BCUT2D eigenvalue weighted by atomic mass is 15.4. The van der Waals surface area contributed by atoms with Crippen LogP contribution >= 0.6 is 0 Å². The number of nitrogens with zero attached hydrogens (tertiary/aromatic N) is 3. The van der Waals surface area contributed by atoms with Gasteiger partial charge in [0.1, 0.15) is 5.52 Å². The third-order valence-corrected chi connectivity index (χ3v) is 2.93. The molecule has 0 saturated carbocycles. The maximum absolute atomic E-state index is 4.24. The Hall–Kier alpha value is -2.68. The molecule has 3 aromatic rings. The molecule has 0 aliphatic carbocycles. The van der Waals surface area contributed by atoms with Crippen molar-refractivity contribution in [3.8, 4) is 0 Å². The van der Waals surface area contributed by atoms with E-state index in [1.54, 1.807) is 6.08 Å². The molecule has 0 spiro atoms. The molecule has 0 bridgehead atoms. The number of para-hydroxylation sites is 1. The molecule has 3 rings (SSSR count). The first-order valence-corrected chi connectivity index (χ1v) is 6.09. The Balaban J connectivity index is 2.22. The van der Waals surface area contributed by atoms with Crippen LogP contribution in [0.2, 0.25) is 0 Å². The molecular formula is C16H13N3. The summed E-state index contributed by atoms with van der Waals surface area (Å²) in [5, 5.41) is 8.43. The van der Waals surface area contributed by atoms with Crippen molar-refractivity contribution in [1.29, 1.82) is 0 Å². The van der Waals surface area contributed by atoms with Crippen LogP contribution in [0, 0.1) is 0 Å². The summed E-state index contributed by atoms with van der Waals surface area (Å²) in [6.45, 7) is 3.78. The molecule has 1 aromatic heterocycles. The third kappa shape index (κ3) is 2.06. The molecule has 0 aliphatic rings. The molecule has 0 saturated heterocycles. The smallest absolute Gasteiger partial charge is 0.113 e. The Labute approximate surface area is 111 Å². The molecule has 0 atom stereocenters. The zero-order valence-electron chi connectivity index (χ0n) is 10.4. The topological polar surface area (TPSA) is 30.7 Å². The molecule has 1 heterocycles. The van der Waals surface area contributed by atoms with Gasteiger partial charge in [0.2, 0.25) is 0 Å². The van der Waals surface area contributed by atoms with Crippen molar-refractivity contribution in [3.05, 3.63) is 78.9 Å². The van der Waals surface area contributed by atoms with Crippen molar-refractivity contribution < 1.29 is 0 Å². The number of rotatable bonds is 3. The fraction of sp³-hybridized carbons (Fsp3) is 0. The van der Waals surface area contributed by atoms with Crippen molar-refractivity contribution in [2.45, 2.75) is 0 Å². The van der Waals surface area contributed by atoms with Crippen LogP contribution in [0.1, 0.15) is 5.56 Å². The number of aromatic nitrogens is 3. The van der Waals surface area contributed by atoms with E-state index in [-0.39, 0.29) is 0 Å². The summed E-state index contributed by atoms with van der Waals surface area (Å²) in [4.78, 5) is 0. The van der Waals surface area contributed by atoms with Crippen LogP contribution in [0.5, 0.6) is 0 Å². The highest BCUT2D eigenvalue weighted by Crippen LogP contribution is 2.20. The highest BCUT2D eigenvalue weighted by molar-refractivity contribution is 5.81. The van der Waals surface area contributed by atoms with Gasteiger partial charge in [-0.3, -0.25) is 0 Å². The second-order valence-electron chi connectivity index (χ2n) is 4.14. The van der Waals surface area contributed by atoms with E-state index in [0.717, 1.165) is 22.3 Å². The lowest BCUT2D eigenvalue weighted by Crippen LogP contribution is -2.01. The maximum Gasteiger partial charge on any atom is 0.113 e. The van der Waals surface area contributed by atoms with E-state index in [0.29, 0.717) is 0 Å². The van der Waals surface area contributed by atoms with E-state index >= 15 is 0 Å². The van der Waals surface area contributed by atoms with E-state index in [1.165, 1.54) is 0 Å². The van der Waals surface area contributed by atoms with Crippen molar-refractivity contribution in [1.82, 2.24) is 15.0 Å². The summed E-state index contributed by atoms with van der Waals surface area (Å²) in [6.07, 6.45) is 3.70. The Morgan fingerprint density at radius 2 is 1.74 bits per heavy atom. The van der Waals surface area contributed by atoms with Gasteiger partial charge in [-0.25, -0.2) is 4.68 Å². The summed E-state index contributed by atoms with van der Waals surface area (Å²) in [6, 6.07) is 18.0. The van der Waals surface area contributed by atoms with Gasteiger partial charge in [0.15, 0.2) is 0 Å². The normalized spacial score (nSPS) is 11.7. The van der Waals surface area contributed by atoms with E-state index < -0.39 is 0 Å². The van der Waals surface area contributed by atoms with Gasteiger partial charge in [0.05, 0.1) is 11.2 Å². The van der Waals surface area contributed by atoms with Crippen LogP contribution in [0.4, 0.5) is 0 Å². The van der Waals surface area contributed by atoms with E-state index in [2.05, 4.69) is 16.9 Å². The van der Waals surface area contributed by atoms with Gasteiger partial charge in [-0.1, -0.05) is 60.3 Å². The van der Waals surface area contributed by atoms with Gasteiger partial charge in [0.25, 0.3) is 0 Å². The average molecular weight is 247 g/mol. The van der Waals surface area contributed by atoms with Gasteiger partial charge < -0.3 is 0 Å². The predicted molar refractivity (Wildman–Crippen MR) is 77.5 cm³/mol. The molecule has 0 unspecified atom stereocenters. The lowest BCUT2D eigenvalue weighted by Gasteiger charge is -2.07. The van der Waals surface area contributed by atoms with Crippen molar-refractivity contribution in [3.63, 3.8) is 0 Å². The van der Waals surface area contributed by atoms with E-state index in [9.17, 15) is 0 Å². The Morgan fingerprint density at radius 1 is 1.00 bits per heavy atom. The summed E-state index contributed by atoms with van der Waals surface area (Å²) in [5.41, 5.74) is 3.91. The van der Waals surface area contributed by atoms with Crippen LogP contribution in [0.25, 0.3) is 16.7 Å². The summed E-state index contributed by atoms with van der Waals surface area (Å²) < 4.78 is 1.84. The zero-order valence-corrected chi connectivity index (χ0v) is 10.4. The second kappa shape index (κ2) is 4.90. The van der Waals surface area contributed by atoms with Gasteiger partial charge in [0, 0.05) is 5.56 Å². The second-order valence-corrected chi connectivity index (χ2v) is 4.14. The van der Waals surface area contributed by atoms with Gasteiger partial charge in [-0.05, 0) is 18.2 Å². The maximum atomic E-state index is 4.24. The quantitative estimate of drug-likeness (QED) is 0.663. The molecule has 0 amide bonds. The first kappa shape index (κ1) is 11.4. The Bertz CT molecular complexity index is 739. The molecule has 0 aliphatic heterocycles. The first-order chi connectivity index (χ1) is 9.40. The molecule has 2 aromatic carbocycles. The minimum atomic E-state index is 0.883. The van der Waals surface area contributed by atoms with Crippen LogP contribution in [0.3, 0.4) is 0 Å². The van der Waals surface area contributed by atoms with Crippen molar-refractivity contribution in [2.75, 3.05) is 0 Å². The number of benzene rings is 2. The number of allylic oxidation sites excluding steroid dienone is 2. The zero-order chi connectivity index (χ0) is 13.1. The largest absolute Gasteiger partial charge is 0.212 e. The van der Waals surface area contributed by atoms with Crippen LogP contribution in [0.15, 0.2) is 73.3 Å². The lowest BCUT2D eigenvalue weighted by molar-refractivity contribution is 0.841. The van der Waals surface area contributed by atoms with Gasteiger partial charge in [-0.2, -0.15) is 0 Å². The molecule has 0 radical (unpaired) electrons. The average Bonchev–Trinajstić information content (AvgIpc) is 2.89. The SMILES string of the molecule is C=C/C=C(\c1ccccc1)n1nnc2ccccc21. The monoisotopic (exact) mass is 247 g/mol. The lowest BCUT2D eigenvalue weighted by atomic mass is 10.1. The molecular weight excluding hydrogens is 234 g/mol. The number of hydrogen-bond acceptors (Lipinski definition) is 2.